The molecule has 3 N–H and O–H groups in total. The third-order valence-corrected chi connectivity index (χ3v) is 2.10. The van der Waals surface area contributed by atoms with Gasteiger partial charge in [0.2, 0.25) is 6.43 Å². The van der Waals surface area contributed by atoms with Crippen molar-refractivity contribution in [3.8, 4) is 0 Å². The minimum Gasteiger partial charge on any atom is -0.479 e. The topological polar surface area (TPSA) is 94.8 Å². The number of aliphatic hydroxyl groups is 1. The van der Waals surface area contributed by atoms with Gasteiger partial charge < -0.3 is 15.3 Å². The predicted molar refractivity (Wildman–Crippen MR) is 40.0 cm³/mol. The lowest BCUT2D eigenvalue weighted by atomic mass is 9.75. The fourth-order valence-corrected chi connectivity index (χ4v) is 0.801. The van der Waals surface area contributed by atoms with Crippen LogP contribution in [0.1, 0.15) is 13.8 Å². The quantitative estimate of drug-likeness (QED) is 0.578. The van der Waals surface area contributed by atoms with Gasteiger partial charge in [-0.1, -0.05) is 13.8 Å². The van der Waals surface area contributed by atoms with E-state index in [9.17, 15) is 23.5 Å². The standard InChI is InChI=1S/C7H10F2O5/c1-6(2,3(8)9)7(14,4(10)11)5(12)13/h3,14H,1-2H3,(H,10,11)(H,12,13). The van der Waals surface area contributed by atoms with Crippen LogP contribution in [-0.4, -0.2) is 39.3 Å². The zero-order valence-corrected chi connectivity index (χ0v) is 7.49. The number of aliphatic carboxylic acids is 2. The van der Waals surface area contributed by atoms with E-state index >= 15 is 0 Å². The number of carbonyl (C=O) groups is 2. The molecule has 0 heterocycles. The molecule has 82 valence electrons. The molecule has 0 rings (SSSR count). The van der Waals surface area contributed by atoms with E-state index in [0.717, 1.165) is 0 Å². The largest absolute Gasteiger partial charge is 0.479 e. The fraction of sp³-hybridized carbons (Fsp3) is 0.714. The second kappa shape index (κ2) is 3.49. The second-order valence-electron chi connectivity index (χ2n) is 3.34. The Labute approximate surface area is 78.0 Å². The SMILES string of the molecule is CC(C)(C(F)F)C(O)(C(=O)O)C(=O)O. The van der Waals surface area contributed by atoms with E-state index in [0.29, 0.717) is 13.8 Å². The third kappa shape index (κ3) is 1.54. The van der Waals surface area contributed by atoms with Gasteiger partial charge in [-0.25, -0.2) is 18.4 Å². The summed E-state index contributed by atoms with van der Waals surface area (Å²) in [4.78, 5) is 20.9. The summed E-state index contributed by atoms with van der Waals surface area (Å²) in [5, 5.41) is 26.0. The smallest absolute Gasteiger partial charge is 0.348 e. The molecule has 7 heteroatoms. The van der Waals surface area contributed by atoms with Crippen molar-refractivity contribution in [1.29, 1.82) is 0 Å². The summed E-state index contributed by atoms with van der Waals surface area (Å²) < 4.78 is 24.7. The zero-order valence-electron chi connectivity index (χ0n) is 7.49. The summed E-state index contributed by atoms with van der Waals surface area (Å²) in [5.74, 6) is -4.43. The first kappa shape index (κ1) is 12.8. The van der Waals surface area contributed by atoms with Gasteiger partial charge in [0.1, 0.15) is 0 Å². The number of halogens is 2. The van der Waals surface area contributed by atoms with Crippen LogP contribution >= 0.6 is 0 Å². The highest BCUT2D eigenvalue weighted by Crippen LogP contribution is 2.37. The van der Waals surface area contributed by atoms with Crippen LogP contribution in [0.2, 0.25) is 0 Å². The Morgan fingerprint density at radius 1 is 1.14 bits per heavy atom. The zero-order chi connectivity index (χ0) is 11.7. The van der Waals surface area contributed by atoms with Crippen molar-refractivity contribution in [1.82, 2.24) is 0 Å². The lowest BCUT2D eigenvalue weighted by Gasteiger charge is -2.34. The number of alkyl halides is 2. The normalized spacial score (nSPS) is 13.0. The molecule has 0 spiro atoms. The number of carboxylic acids is 2. The Bertz CT molecular complexity index is 247. The Morgan fingerprint density at radius 2 is 1.43 bits per heavy atom. The van der Waals surface area contributed by atoms with Crippen molar-refractivity contribution >= 4 is 11.9 Å². The molecule has 0 aliphatic carbocycles. The summed E-state index contributed by atoms with van der Waals surface area (Å²) in [6, 6.07) is 0. The number of rotatable bonds is 4. The van der Waals surface area contributed by atoms with E-state index < -0.39 is 29.4 Å². The van der Waals surface area contributed by atoms with Crippen molar-refractivity contribution in [3.63, 3.8) is 0 Å². The highest BCUT2D eigenvalue weighted by Gasteiger charge is 2.61. The highest BCUT2D eigenvalue weighted by atomic mass is 19.3. The van der Waals surface area contributed by atoms with Gasteiger partial charge >= 0.3 is 11.9 Å². The average molecular weight is 212 g/mol. The van der Waals surface area contributed by atoms with Crippen LogP contribution in [0.15, 0.2) is 0 Å². The van der Waals surface area contributed by atoms with Gasteiger partial charge in [-0.05, 0) is 0 Å². The first-order valence-electron chi connectivity index (χ1n) is 3.55. The minimum absolute atomic E-state index is 0.667. The van der Waals surface area contributed by atoms with E-state index in [2.05, 4.69) is 0 Å². The van der Waals surface area contributed by atoms with E-state index in [1.165, 1.54) is 0 Å². The van der Waals surface area contributed by atoms with Crippen molar-refractivity contribution in [3.05, 3.63) is 0 Å². The Hall–Kier alpha value is -1.24. The van der Waals surface area contributed by atoms with Gasteiger partial charge in [-0.15, -0.1) is 0 Å². The molecule has 0 unspecified atom stereocenters. The molecule has 0 bridgehead atoms. The maximum atomic E-state index is 12.3. The van der Waals surface area contributed by atoms with Crippen LogP contribution < -0.4 is 0 Å². The predicted octanol–water partition coefficient (Wildman–Crippen LogP) is 0.178. The lowest BCUT2D eigenvalue weighted by Crippen LogP contribution is -2.60. The summed E-state index contributed by atoms with van der Waals surface area (Å²) in [7, 11) is 0. The minimum atomic E-state index is -3.50. The maximum Gasteiger partial charge on any atom is 0.348 e. The van der Waals surface area contributed by atoms with Gasteiger partial charge in [-0.2, -0.15) is 0 Å². The molecule has 0 aromatic carbocycles. The Balaban J connectivity index is 5.44. The van der Waals surface area contributed by atoms with Crippen LogP contribution in [0, 0.1) is 5.41 Å². The Morgan fingerprint density at radius 3 is 1.50 bits per heavy atom. The Kier molecular flexibility index (Phi) is 3.18. The van der Waals surface area contributed by atoms with Crippen LogP contribution in [0.25, 0.3) is 0 Å². The van der Waals surface area contributed by atoms with Crippen molar-refractivity contribution in [2.45, 2.75) is 25.9 Å². The third-order valence-electron chi connectivity index (χ3n) is 2.10. The van der Waals surface area contributed by atoms with Crippen LogP contribution in [-0.2, 0) is 9.59 Å². The van der Waals surface area contributed by atoms with Gasteiger partial charge in [0, 0.05) is 0 Å². The summed E-state index contributed by atoms with van der Waals surface area (Å²) in [6.07, 6.45) is -3.28. The summed E-state index contributed by atoms with van der Waals surface area (Å²) >= 11 is 0. The number of hydrogen-bond donors (Lipinski definition) is 3. The first-order valence-corrected chi connectivity index (χ1v) is 3.55. The average Bonchev–Trinajstić information content (AvgIpc) is 2.01. The van der Waals surface area contributed by atoms with E-state index in [1.54, 1.807) is 0 Å². The second-order valence-corrected chi connectivity index (χ2v) is 3.34. The molecule has 0 amide bonds. The van der Waals surface area contributed by atoms with Gasteiger partial charge in [0.25, 0.3) is 5.60 Å². The van der Waals surface area contributed by atoms with Crippen molar-refractivity contribution in [2.24, 2.45) is 5.41 Å². The van der Waals surface area contributed by atoms with Crippen LogP contribution in [0.4, 0.5) is 8.78 Å². The van der Waals surface area contributed by atoms with Gasteiger partial charge in [0.15, 0.2) is 0 Å². The molecule has 0 atom stereocenters. The molecule has 0 aromatic rings. The highest BCUT2D eigenvalue weighted by molar-refractivity contribution is 6.02. The fourth-order valence-electron chi connectivity index (χ4n) is 0.801. The molecule has 5 nitrogen and oxygen atoms in total. The van der Waals surface area contributed by atoms with E-state index in [1.807, 2.05) is 0 Å². The molecule has 14 heavy (non-hydrogen) atoms. The summed E-state index contributed by atoms with van der Waals surface area (Å²) in [5.41, 5.74) is -6.08. The van der Waals surface area contributed by atoms with Gasteiger partial charge in [-0.3, -0.25) is 0 Å². The first-order chi connectivity index (χ1) is 6.08. The molecular weight excluding hydrogens is 202 g/mol. The molecule has 0 radical (unpaired) electrons. The van der Waals surface area contributed by atoms with Crippen LogP contribution in [0.5, 0.6) is 0 Å². The van der Waals surface area contributed by atoms with E-state index in [-0.39, 0.29) is 0 Å². The summed E-state index contributed by atoms with van der Waals surface area (Å²) in [6.45, 7) is 1.33. The molecule has 0 saturated carbocycles. The lowest BCUT2D eigenvalue weighted by molar-refractivity contribution is -0.203. The molecule has 0 aromatic heterocycles. The van der Waals surface area contributed by atoms with Crippen molar-refractivity contribution in [2.75, 3.05) is 0 Å². The van der Waals surface area contributed by atoms with Crippen molar-refractivity contribution < 1.29 is 33.7 Å². The number of carboxylic acid groups (broad SMARTS) is 2. The van der Waals surface area contributed by atoms with Crippen LogP contribution in [0.3, 0.4) is 0 Å². The monoisotopic (exact) mass is 212 g/mol. The maximum absolute atomic E-state index is 12.3. The van der Waals surface area contributed by atoms with Gasteiger partial charge in [0.05, 0.1) is 5.41 Å². The molecule has 0 saturated heterocycles. The molecule has 0 aliphatic heterocycles. The molecular formula is C7H10F2O5. The molecule has 0 fully saturated rings. The molecule has 0 aliphatic rings. The number of hydrogen-bond acceptors (Lipinski definition) is 3. The van der Waals surface area contributed by atoms with E-state index in [4.69, 9.17) is 10.2 Å².